The maximum absolute atomic E-state index is 12.1. The van der Waals surface area contributed by atoms with Gasteiger partial charge in [0.05, 0.1) is 15.4 Å². The predicted octanol–water partition coefficient (Wildman–Crippen LogP) is 2.02. The summed E-state index contributed by atoms with van der Waals surface area (Å²) < 4.78 is 28.7. The molecule has 0 amide bonds. The highest BCUT2D eigenvalue weighted by molar-refractivity contribution is 7.91. The van der Waals surface area contributed by atoms with E-state index in [1.165, 1.54) is 16.7 Å². The van der Waals surface area contributed by atoms with Crippen molar-refractivity contribution in [2.75, 3.05) is 6.54 Å². The van der Waals surface area contributed by atoms with E-state index in [0.717, 1.165) is 22.4 Å². The van der Waals surface area contributed by atoms with Crippen molar-refractivity contribution in [1.82, 2.24) is 14.3 Å². The molecule has 2 heterocycles. The molecule has 0 aliphatic rings. The van der Waals surface area contributed by atoms with Crippen molar-refractivity contribution in [1.29, 1.82) is 0 Å². The summed E-state index contributed by atoms with van der Waals surface area (Å²) in [7, 11) is -3.60. The topological polar surface area (TPSA) is 84.0 Å². The Morgan fingerprint density at radius 2 is 2.00 bits per heavy atom. The van der Waals surface area contributed by atoms with Gasteiger partial charge >= 0.3 is 5.69 Å². The largest absolute Gasteiger partial charge is 0.326 e. The van der Waals surface area contributed by atoms with E-state index in [1.54, 1.807) is 12.1 Å². The summed E-state index contributed by atoms with van der Waals surface area (Å²) in [5, 5.41) is 0. The average Bonchev–Trinajstić information content (AvgIpc) is 3.04. The molecule has 0 unspecified atom stereocenters. The molecule has 6 nitrogen and oxygen atoms in total. The number of halogens is 1. The summed E-state index contributed by atoms with van der Waals surface area (Å²) in [6, 6.07) is 10.2. The number of aromatic amines is 1. The SMILES string of the molecule is O=c1[nH]c2ccccc2n1CCNS(=O)(=O)c1ccc(Cl)s1. The van der Waals surface area contributed by atoms with Crippen molar-refractivity contribution in [2.24, 2.45) is 0 Å². The smallest absolute Gasteiger partial charge is 0.306 e. The van der Waals surface area contributed by atoms with Crippen LogP contribution in [0.1, 0.15) is 0 Å². The number of fused-ring (bicyclic) bond motifs is 1. The van der Waals surface area contributed by atoms with E-state index in [-0.39, 0.29) is 23.0 Å². The lowest BCUT2D eigenvalue weighted by molar-refractivity contribution is 0.574. The molecule has 2 aromatic heterocycles. The Bertz CT molecular complexity index is 972. The van der Waals surface area contributed by atoms with Gasteiger partial charge in [-0.25, -0.2) is 17.9 Å². The van der Waals surface area contributed by atoms with Gasteiger partial charge in [0.25, 0.3) is 0 Å². The van der Waals surface area contributed by atoms with Gasteiger partial charge in [0.2, 0.25) is 10.0 Å². The molecule has 0 saturated heterocycles. The molecule has 2 N–H and O–H groups in total. The molecule has 0 fully saturated rings. The van der Waals surface area contributed by atoms with Gasteiger partial charge < -0.3 is 4.98 Å². The number of nitrogens with zero attached hydrogens (tertiary/aromatic N) is 1. The Labute approximate surface area is 135 Å². The molecule has 9 heteroatoms. The number of benzene rings is 1. The third-order valence-electron chi connectivity index (χ3n) is 3.12. The minimum absolute atomic E-state index is 0.111. The molecule has 1 aromatic carbocycles. The lowest BCUT2D eigenvalue weighted by Gasteiger charge is -2.06. The number of thiophene rings is 1. The van der Waals surface area contributed by atoms with Gasteiger partial charge in [0.1, 0.15) is 4.21 Å². The molecule has 116 valence electrons. The Balaban J connectivity index is 1.75. The fourth-order valence-electron chi connectivity index (χ4n) is 2.13. The number of sulfonamides is 1. The number of nitrogens with one attached hydrogen (secondary N) is 2. The quantitative estimate of drug-likeness (QED) is 0.732. The van der Waals surface area contributed by atoms with E-state index in [0.29, 0.717) is 4.34 Å². The summed E-state index contributed by atoms with van der Waals surface area (Å²) in [4.78, 5) is 14.6. The zero-order valence-electron chi connectivity index (χ0n) is 11.2. The van der Waals surface area contributed by atoms with Crippen LogP contribution in [-0.2, 0) is 16.6 Å². The first-order chi connectivity index (χ1) is 10.5. The molecule has 0 atom stereocenters. The van der Waals surface area contributed by atoms with Gasteiger partial charge in [-0.05, 0) is 24.3 Å². The summed E-state index contributed by atoms with van der Waals surface area (Å²) in [6.07, 6.45) is 0. The van der Waals surface area contributed by atoms with Crippen LogP contribution in [0.25, 0.3) is 11.0 Å². The number of hydrogen-bond donors (Lipinski definition) is 2. The van der Waals surface area contributed by atoms with E-state index in [4.69, 9.17) is 11.6 Å². The maximum atomic E-state index is 12.1. The number of rotatable bonds is 5. The zero-order valence-corrected chi connectivity index (χ0v) is 13.6. The molecule has 0 aliphatic carbocycles. The van der Waals surface area contributed by atoms with E-state index in [9.17, 15) is 13.2 Å². The van der Waals surface area contributed by atoms with Crippen molar-refractivity contribution in [2.45, 2.75) is 10.8 Å². The number of hydrogen-bond acceptors (Lipinski definition) is 4. The minimum atomic E-state index is -3.60. The monoisotopic (exact) mass is 357 g/mol. The molecule has 3 aromatic rings. The normalized spacial score (nSPS) is 12.0. The van der Waals surface area contributed by atoms with E-state index >= 15 is 0 Å². The molecule has 0 spiro atoms. The predicted molar refractivity (Wildman–Crippen MR) is 87.1 cm³/mol. The first kappa shape index (κ1) is 15.3. The second-order valence-electron chi connectivity index (χ2n) is 4.56. The Morgan fingerprint density at radius 3 is 2.73 bits per heavy atom. The van der Waals surface area contributed by atoms with Crippen LogP contribution >= 0.6 is 22.9 Å². The van der Waals surface area contributed by atoms with Gasteiger partial charge in [0, 0.05) is 13.1 Å². The lowest BCUT2D eigenvalue weighted by atomic mass is 10.3. The molecule has 3 rings (SSSR count). The van der Waals surface area contributed by atoms with Crippen LogP contribution in [0, 0.1) is 0 Å². The molecule has 0 bridgehead atoms. The molecule has 0 aliphatic heterocycles. The van der Waals surface area contributed by atoms with Crippen molar-refractivity contribution >= 4 is 44.0 Å². The molecule has 0 saturated carbocycles. The van der Waals surface area contributed by atoms with E-state index in [2.05, 4.69) is 9.71 Å². The Hall–Kier alpha value is -1.61. The molecular formula is C13H12ClN3O3S2. The van der Waals surface area contributed by atoms with Crippen molar-refractivity contribution < 1.29 is 8.42 Å². The van der Waals surface area contributed by atoms with Crippen LogP contribution in [0.2, 0.25) is 4.34 Å². The van der Waals surface area contributed by atoms with Crippen LogP contribution in [0.3, 0.4) is 0 Å². The first-order valence-corrected chi connectivity index (χ1v) is 9.08. The van der Waals surface area contributed by atoms with Crippen molar-refractivity contribution in [3.05, 3.63) is 51.2 Å². The summed E-state index contributed by atoms with van der Waals surface area (Å²) in [5.41, 5.74) is 1.20. The lowest BCUT2D eigenvalue weighted by Crippen LogP contribution is -2.29. The number of para-hydroxylation sites is 2. The maximum Gasteiger partial charge on any atom is 0.326 e. The average molecular weight is 358 g/mol. The highest BCUT2D eigenvalue weighted by Gasteiger charge is 2.16. The summed E-state index contributed by atoms with van der Waals surface area (Å²) in [5.74, 6) is 0. The molecule has 22 heavy (non-hydrogen) atoms. The van der Waals surface area contributed by atoms with Gasteiger partial charge in [-0.15, -0.1) is 11.3 Å². The fraction of sp³-hybridized carbons (Fsp3) is 0.154. The highest BCUT2D eigenvalue weighted by Crippen LogP contribution is 2.25. The third kappa shape index (κ3) is 2.95. The fourth-order valence-corrected chi connectivity index (χ4v) is 4.68. The first-order valence-electron chi connectivity index (χ1n) is 6.40. The van der Waals surface area contributed by atoms with Crippen molar-refractivity contribution in [3.8, 4) is 0 Å². The summed E-state index contributed by atoms with van der Waals surface area (Å²) in [6.45, 7) is 0.348. The third-order valence-corrected chi connectivity index (χ3v) is 6.31. The van der Waals surface area contributed by atoms with Crippen LogP contribution in [0.4, 0.5) is 0 Å². The van der Waals surface area contributed by atoms with Crippen LogP contribution in [0.5, 0.6) is 0 Å². The second kappa shape index (κ2) is 5.88. The zero-order chi connectivity index (χ0) is 15.7. The van der Waals surface area contributed by atoms with Crippen LogP contribution in [-0.4, -0.2) is 24.5 Å². The van der Waals surface area contributed by atoms with Crippen molar-refractivity contribution in [3.63, 3.8) is 0 Å². The van der Waals surface area contributed by atoms with Crippen LogP contribution in [0.15, 0.2) is 45.4 Å². The Morgan fingerprint density at radius 1 is 1.23 bits per heavy atom. The summed E-state index contributed by atoms with van der Waals surface area (Å²) >= 11 is 6.73. The van der Waals surface area contributed by atoms with E-state index in [1.807, 2.05) is 12.1 Å². The van der Waals surface area contributed by atoms with Gasteiger partial charge in [-0.2, -0.15) is 0 Å². The van der Waals surface area contributed by atoms with Crippen LogP contribution < -0.4 is 10.4 Å². The number of aromatic nitrogens is 2. The second-order valence-corrected chi connectivity index (χ2v) is 8.26. The molecular weight excluding hydrogens is 346 g/mol. The van der Waals surface area contributed by atoms with E-state index < -0.39 is 10.0 Å². The van der Waals surface area contributed by atoms with Gasteiger partial charge in [0.15, 0.2) is 0 Å². The Kier molecular flexibility index (Phi) is 4.09. The molecule has 0 radical (unpaired) electrons. The number of imidazole rings is 1. The highest BCUT2D eigenvalue weighted by atomic mass is 35.5. The number of H-pyrrole nitrogens is 1. The minimum Gasteiger partial charge on any atom is -0.306 e. The van der Waals surface area contributed by atoms with Gasteiger partial charge in [-0.3, -0.25) is 4.57 Å². The van der Waals surface area contributed by atoms with Gasteiger partial charge in [-0.1, -0.05) is 23.7 Å². The standard InChI is InChI=1S/C13H12ClN3O3S2/c14-11-5-6-12(21-11)22(19,20)15-7-8-17-10-4-2-1-3-9(10)16-13(17)18/h1-6,15H,7-8H2,(H,16,18).